The summed E-state index contributed by atoms with van der Waals surface area (Å²) in [5.41, 5.74) is 3.05. The number of allylic oxidation sites excluding steroid dienone is 1. The molecule has 0 atom stereocenters. The van der Waals surface area contributed by atoms with E-state index >= 15 is 0 Å². The van der Waals surface area contributed by atoms with Crippen LogP contribution in [0, 0.1) is 0 Å². The Morgan fingerprint density at radius 1 is 1.29 bits per heavy atom. The minimum Gasteiger partial charge on any atom is -0.495 e. The fourth-order valence-corrected chi connectivity index (χ4v) is 3.84. The Morgan fingerprint density at radius 2 is 1.94 bits per heavy atom. The third-order valence-electron chi connectivity index (χ3n) is 4.01. The standard InChI is InChI=1S/C20H22ClN3OS.C2H6O.C2H6/c1-5-10-22-19(12(2)3)24-20-23-17(13-6-7-13)18(26-20)14-8-9-16(25-4)15(21)11-14;1-3-2;1-2/h5,8-11,13H,2,6-7H2,1,3-4H3,(H,22,23,24);1-2H3;1-2H3/b10-5-;;. The van der Waals surface area contributed by atoms with Gasteiger partial charge in [0.05, 0.1) is 22.7 Å². The zero-order valence-electron chi connectivity index (χ0n) is 19.6. The highest BCUT2D eigenvalue weighted by molar-refractivity contribution is 7.19. The molecule has 0 aliphatic heterocycles. The van der Waals surface area contributed by atoms with Crippen molar-refractivity contribution < 1.29 is 9.47 Å². The molecule has 0 radical (unpaired) electrons. The predicted molar refractivity (Wildman–Crippen MR) is 136 cm³/mol. The molecule has 0 unspecified atom stereocenters. The van der Waals surface area contributed by atoms with Crippen molar-refractivity contribution in [3.05, 3.63) is 53.3 Å². The summed E-state index contributed by atoms with van der Waals surface area (Å²) < 4.78 is 9.51. The summed E-state index contributed by atoms with van der Waals surface area (Å²) in [7, 11) is 4.87. The summed E-state index contributed by atoms with van der Waals surface area (Å²) in [5.74, 6) is 1.92. The summed E-state index contributed by atoms with van der Waals surface area (Å²) in [4.78, 5) is 10.4. The number of benzene rings is 1. The van der Waals surface area contributed by atoms with Gasteiger partial charge in [0.2, 0.25) is 0 Å². The predicted octanol–water partition coefficient (Wildman–Crippen LogP) is 7.56. The van der Waals surface area contributed by atoms with Crippen molar-refractivity contribution in [2.24, 2.45) is 4.99 Å². The van der Waals surface area contributed by atoms with Crippen LogP contribution in [0.4, 0.5) is 5.13 Å². The van der Waals surface area contributed by atoms with Gasteiger partial charge >= 0.3 is 0 Å². The van der Waals surface area contributed by atoms with Crippen molar-refractivity contribution in [2.75, 3.05) is 26.6 Å². The smallest absolute Gasteiger partial charge is 0.189 e. The molecule has 3 rings (SSSR count). The van der Waals surface area contributed by atoms with E-state index in [1.165, 1.54) is 12.8 Å². The molecule has 1 saturated carbocycles. The molecule has 1 aliphatic rings. The van der Waals surface area contributed by atoms with E-state index in [1.54, 1.807) is 38.9 Å². The van der Waals surface area contributed by atoms with E-state index in [9.17, 15) is 0 Å². The Kier molecular flexibility index (Phi) is 12.2. The van der Waals surface area contributed by atoms with Gasteiger partial charge in [0.1, 0.15) is 11.6 Å². The minimum absolute atomic E-state index is 0.526. The molecule has 0 amide bonds. The number of halogens is 1. The molecule has 0 spiro atoms. The first-order valence-corrected chi connectivity index (χ1v) is 11.5. The molecule has 1 fully saturated rings. The van der Waals surface area contributed by atoms with Crippen molar-refractivity contribution in [3.63, 3.8) is 0 Å². The maximum atomic E-state index is 6.32. The molecule has 1 N–H and O–H groups in total. The highest BCUT2D eigenvalue weighted by atomic mass is 35.5. The van der Waals surface area contributed by atoms with Gasteiger partial charge in [-0.3, -0.25) is 0 Å². The number of nitrogens with one attached hydrogen (secondary N) is 1. The molecule has 2 aromatic rings. The first-order chi connectivity index (χ1) is 14.9. The summed E-state index contributed by atoms with van der Waals surface area (Å²) in [6.07, 6.45) is 5.99. The van der Waals surface area contributed by atoms with E-state index in [-0.39, 0.29) is 0 Å². The fourth-order valence-electron chi connectivity index (χ4n) is 2.53. The lowest BCUT2D eigenvalue weighted by molar-refractivity contribution is 0.277. The summed E-state index contributed by atoms with van der Waals surface area (Å²) in [5, 5.41) is 4.74. The first kappa shape index (κ1) is 26.9. The van der Waals surface area contributed by atoms with E-state index in [2.05, 4.69) is 21.6 Å². The number of hydrogen-bond donors (Lipinski definition) is 1. The molecule has 1 aliphatic carbocycles. The van der Waals surface area contributed by atoms with Crippen LogP contribution in [0.2, 0.25) is 5.02 Å². The highest BCUT2D eigenvalue weighted by Gasteiger charge is 2.30. The number of amidine groups is 1. The molecule has 31 heavy (non-hydrogen) atoms. The minimum atomic E-state index is 0.526. The lowest BCUT2D eigenvalue weighted by atomic mass is 10.1. The highest BCUT2D eigenvalue weighted by Crippen LogP contribution is 2.48. The van der Waals surface area contributed by atoms with Crippen LogP contribution in [0.3, 0.4) is 0 Å². The van der Waals surface area contributed by atoms with Crippen LogP contribution in [-0.2, 0) is 4.74 Å². The fraction of sp³-hybridized carbons (Fsp3) is 0.417. The van der Waals surface area contributed by atoms with Gasteiger partial charge in [-0.25, -0.2) is 9.98 Å². The molecular formula is C24H34ClN3O2S. The maximum Gasteiger partial charge on any atom is 0.189 e. The number of thiazole rings is 1. The second kappa shape index (κ2) is 14.0. The largest absolute Gasteiger partial charge is 0.495 e. The van der Waals surface area contributed by atoms with Crippen LogP contribution in [0.1, 0.15) is 52.1 Å². The number of aliphatic imine (C=N–C) groups is 1. The van der Waals surface area contributed by atoms with Gasteiger partial charge in [-0.15, -0.1) is 0 Å². The van der Waals surface area contributed by atoms with E-state index in [1.807, 2.05) is 52.0 Å². The number of nitrogens with zero attached hydrogens (tertiary/aromatic N) is 2. The molecule has 0 saturated heterocycles. The normalized spacial score (nSPS) is 13.1. The molecular weight excluding hydrogens is 430 g/mol. The topological polar surface area (TPSA) is 55.7 Å². The third kappa shape index (κ3) is 8.13. The van der Waals surface area contributed by atoms with Crippen LogP contribution in [0.25, 0.3) is 10.4 Å². The van der Waals surface area contributed by atoms with Gasteiger partial charge in [-0.05, 0) is 56.0 Å². The summed E-state index contributed by atoms with van der Waals surface area (Å²) in [6.45, 7) is 11.8. The number of methoxy groups -OCH3 is 2. The molecule has 5 nitrogen and oxygen atoms in total. The molecule has 0 bridgehead atoms. The first-order valence-electron chi connectivity index (χ1n) is 10.3. The number of rotatable bonds is 6. The van der Waals surface area contributed by atoms with E-state index in [0.29, 0.717) is 16.7 Å². The zero-order chi connectivity index (χ0) is 23.4. The van der Waals surface area contributed by atoms with Crippen LogP contribution < -0.4 is 10.1 Å². The number of aromatic nitrogens is 1. The van der Waals surface area contributed by atoms with Crippen molar-refractivity contribution in [3.8, 4) is 16.2 Å². The average Bonchev–Trinajstić information content (AvgIpc) is 3.52. The quantitative estimate of drug-likeness (QED) is 0.354. The second-order valence-electron chi connectivity index (χ2n) is 6.63. The monoisotopic (exact) mass is 463 g/mol. The maximum absolute atomic E-state index is 6.32. The molecule has 1 heterocycles. The average molecular weight is 464 g/mol. The van der Waals surface area contributed by atoms with Crippen LogP contribution in [0.15, 0.2) is 47.6 Å². The molecule has 170 valence electrons. The van der Waals surface area contributed by atoms with E-state index < -0.39 is 0 Å². The van der Waals surface area contributed by atoms with Gasteiger partial charge in [0, 0.05) is 26.3 Å². The van der Waals surface area contributed by atoms with Crippen LogP contribution in [0.5, 0.6) is 5.75 Å². The Morgan fingerprint density at radius 3 is 2.42 bits per heavy atom. The van der Waals surface area contributed by atoms with E-state index in [4.69, 9.17) is 21.3 Å². The van der Waals surface area contributed by atoms with Gasteiger partial charge in [-0.2, -0.15) is 0 Å². The van der Waals surface area contributed by atoms with Gasteiger partial charge in [0.15, 0.2) is 5.13 Å². The Hall–Kier alpha value is -2.15. The van der Waals surface area contributed by atoms with Gasteiger partial charge in [0.25, 0.3) is 0 Å². The SMILES string of the molecule is C=C(C)C(=N/C=C\C)Nc1nc(C2CC2)c(-c2ccc(OC)c(Cl)c2)s1.CC.COC. The van der Waals surface area contributed by atoms with Crippen LogP contribution >= 0.6 is 22.9 Å². The Bertz CT molecular complexity index is 902. The van der Waals surface area contributed by atoms with Gasteiger partial charge in [-0.1, -0.05) is 49.4 Å². The van der Waals surface area contributed by atoms with Crippen molar-refractivity contribution in [1.29, 1.82) is 0 Å². The zero-order valence-corrected chi connectivity index (χ0v) is 21.2. The van der Waals surface area contributed by atoms with E-state index in [0.717, 1.165) is 32.7 Å². The number of anilines is 1. The summed E-state index contributed by atoms with van der Waals surface area (Å²) in [6, 6.07) is 5.87. The number of hydrogen-bond acceptors (Lipinski definition) is 5. The summed E-state index contributed by atoms with van der Waals surface area (Å²) >= 11 is 7.94. The Labute approximate surface area is 195 Å². The van der Waals surface area contributed by atoms with Crippen molar-refractivity contribution in [2.45, 2.75) is 46.5 Å². The van der Waals surface area contributed by atoms with Gasteiger partial charge < -0.3 is 14.8 Å². The van der Waals surface area contributed by atoms with Crippen molar-refractivity contribution in [1.82, 2.24) is 4.98 Å². The number of ether oxygens (including phenoxy) is 2. The molecule has 1 aromatic carbocycles. The van der Waals surface area contributed by atoms with Crippen molar-refractivity contribution >= 4 is 33.9 Å². The third-order valence-corrected chi connectivity index (χ3v) is 5.34. The lowest BCUT2D eigenvalue weighted by Gasteiger charge is -2.06. The Balaban J connectivity index is 0.000000884. The molecule has 7 heteroatoms. The second-order valence-corrected chi connectivity index (χ2v) is 8.04. The van der Waals surface area contributed by atoms with Crippen LogP contribution in [-0.4, -0.2) is 32.1 Å². The lowest BCUT2D eigenvalue weighted by Crippen LogP contribution is -2.12. The molecule has 1 aromatic heterocycles.